The predicted molar refractivity (Wildman–Crippen MR) is 70.2 cm³/mol. The van der Waals surface area contributed by atoms with E-state index in [9.17, 15) is 8.78 Å². The van der Waals surface area contributed by atoms with Gasteiger partial charge < -0.3 is 10.5 Å². The van der Waals surface area contributed by atoms with Crippen molar-refractivity contribution in [2.75, 3.05) is 0 Å². The van der Waals surface area contributed by atoms with Crippen LogP contribution in [0, 0.1) is 11.6 Å². The summed E-state index contributed by atoms with van der Waals surface area (Å²) in [5.74, 6) is -0.665. The molecule has 0 aliphatic carbocycles. The Kier molecular flexibility index (Phi) is 4.12. The van der Waals surface area contributed by atoms with Crippen molar-refractivity contribution in [1.82, 2.24) is 0 Å². The number of rotatable bonds is 4. The molecular weight excluding hydrogens is 248 g/mol. The summed E-state index contributed by atoms with van der Waals surface area (Å²) in [4.78, 5) is 0. The maximum Gasteiger partial charge on any atom is 0.133 e. The van der Waals surface area contributed by atoms with Crippen molar-refractivity contribution in [3.63, 3.8) is 0 Å². The highest BCUT2D eigenvalue weighted by Gasteiger charge is 2.04. The Labute approximate surface area is 110 Å². The van der Waals surface area contributed by atoms with Crippen LogP contribution in [-0.4, -0.2) is 6.04 Å². The summed E-state index contributed by atoms with van der Waals surface area (Å²) in [6.07, 6.45) is 0.717. The molecule has 1 unspecified atom stereocenters. The van der Waals surface area contributed by atoms with Gasteiger partial charge in [-0.1, -0.05) is 12.1 Å². The smallest absolute Gasteiger partial charge is 0.133 e. The lowest BCUT2D eigenvalue weighted by Crippen LogP contribution is -2.17. The number of halogens is 2. The van der Waals surface area contributed by atoms with Crippen LogP contribution in [0.3, 0.4) is 0 Å². The van der Waals surface area contributed by atoms with E-state index in [1.165, 1.54) is 0 Å². The van der Waals surface area contributed by atoms with Gasteiger partial charge in [0.25, 0.3) is 0 Å². The van der Waals surface area contributed by atoms with Crippen molar-refractivity contribution in [3.8, 4) is 11.5 Å². The van der Waals surface area contributed by atoms with Gasteiger partial charge in [-0.15, -0.1) is 0 Å². The highest BCUT2D eigenvalue weighted by molar-refractivity contribution is 5.34. The molecule has 0 aliphatic heterocycles. The average molecular weight is 263 g/mol. The van der Waals surface area contributed by atoms with Gasteiger partial charge in [0.15, 0.2) is 0 Å². The van der Waals surface area contributed by atoms with Gasteiger partial charge in [0, 0.05) is 24.2 Å². The van der Waals surface area contributed by atoms with E-state index in [0.29, 0.717) is 12.2 Å². The molecule has 2 aromatic carbocycles. The van der Waals surface area contributed by atoms with E-state index >= 15 is 0 Å². The summed E-state index contributed by atoms with van der Waals surface area (Å²) in [6, 6.07) is 10.4. The van der Waals surface area contributed by atoms with E-state index in [4.69, 9.17) is 10.5 Å². The van der Waals surface area contributed by atoms with Gasteiger partial charge in [0.1, 0.15) is 23.1 Å². The SMILES string of the molecule is CC(N)Cc1cccc(Oc2cc(F)cc(F)c2)c1. The monoisotopic (exact) mass is 263 g/mol. The van der Waals surface area contributed by atoms with Gasteiger partial charge >= 0.3 is 0 Å². The summed E-state index contributed by atoms with van der Waals surface area (Å²) in [5, 5.41) is 0. The Balaban J connectivity index is 2.18. The lowest BCUT2D eigenvalue weighted by atomic mass is 10.1. The fourth-order valence-corrected chi connectivity index (χ4v) is 1.83. The molecule has 0 bridgehead atoms. The fraction of sp³-hybridized carbons (Fsp3) is 0.200. The first-order chi connectivity index (χ1) is 9.02. The van der Waals surface area contributed by atoms with Crippen LogP contribution in [0.15, 0.2) is 42.5 Å². The number of benzene rings is 2. The molecule has 0 saturated carbocycles. The number of ether oxygens (including phenoxy) is 1. The second-order valence-corrected chi connectivity index (χ2v) is 4.54. The van der Waals surface area contributed by atoms with Gasteiger partial charge in [-0.05, 0) is 31.0 Å². The molecule has 0 aromatic heterocycles. The third-order valence-corrected chi connectivity index (χ3v) is 2.53. The Morgan fingerprint density at radius 1 is 1.05 bits per heavy atom. The Bertz CT molecular complexity index is 550. The minimum atomic E-state index is -0.665. The molecule has 100 valence electrons. The molecule has 0 amide bonds. The Morgan fingerprint density at radius 3 is 2.37 bits per heavy atom. The molecule has 0 aliphatic rings. The first kappa shape index (κ1) is 13.5. The zero-order chi connectivity index (χ0) is 13.8. The summed E-state index contributed by atoms with van der Waals surface area (Å²) < 4.78 is 31.5. The summed E-state index contributed by atoms with van der Waals surface area (Å²) in [7, 11) is 0. The first-order valence-electron chi connectivity index (χ1n) is 6.01. The molecule has 2 nitrogen and oxygen atoms in total. The van der Waals surface area contributed by atoms with Crippen LogP contribution in [0.25, 0.3) is 0 Å². The molecule has 0 heterocycles. The maximum atomic E-state index is 13.0. The van der Waals surface area contributed by atoms with Gasteiger partial charge in [-0.25, -0.2) is 8.78 Å². The quantitative estimate of drug-likeness (QED) is 0.913. The lowest BCUT2D eigenvalue weighted by Gasteiger charge is -2.09. The molecule has 0 saturated heterocycles. The molecule has 1 atom stereocenters. The van der Waals surface area contributed by atoms with E-state index in [2.05, 4.69) is 0 Å². The van der Waals surface area contributed by atoms with E-state index in [1.807, 2.05) is 25.1 Å². The highest BCUT2D eigenvalue weighted by Crippen LogP contribution is 2.24. The normalized spacial score (nSPS) is 12.2. The molecule has 0 spiro atoms. The Hall–Kier alpha value is -1.94. The van der Waals surface area contributed by atoms with Crippen molar-refractivity contribution >= 4 is 0 Å². The molecule has 2 N–H and O–H groups in total. The predicted octanol–water partition coefficient (Wildman–Crippen LogP) is 3.65. The van der Waals surface area contributed by atoms with Gasteiger partial charge in [-0.2, -0.15) is 0 Å². The molecule has 4 heteroatoms. The number of hydrogen-bond donors (Lipinski definition) is 1. The zero-order valence-corrected chi connectivity index (χ0v) is 10.6. The summed E-state index contributed by atoms with van der Waals surface area (Å²) >= 11 is 0. The van der Waals surface area contributed by atoms with Crippen LogP contribution in [0.4, 0.5) is 8.78 Å². The van der Waals surface area contributed by atoms with Crippen molar-refractivity contribution in [2.24, 2.45) is 5.73 Å². The summed E-state index contributed by atoms with van der Waals surface area (Å²) in [6.45, 7) is 1.91. The van der Waals surface area contributed by atoms with Crippen molar-refractivity contribution in [3.05, 3.63) is 59.7 Å². The van der Waals surface area contributed by atoms with Crippen LogP contribution in [-0.2, 0) is 6.42 Å². The van der Waals surface area contributed by atoms with Crippen LogP contribution in [0.1, 0.15) is 12.5 Å². The second-order valence-electron chi connectivity index (χ2n) is 4.54. The van der Waals surface area contributed by atoms with Gasteiger partial charge in [0.05, 0.1) is 0 Å². The molecule has 19 heavy (non-hydrogen) atoms. The van der Waals surface area contributed by atoms with Crippen molar-refractivity contribution in [2.45, 2.75) is 19.4 Å². The van der Waals surface area contributed by atoms with E-state index in [1.54, 1.807) is 6.07 Å². The van der Waals surface area contributed by atoms with Crippen molar-refractivity contribution < 1.29 is 13.5 Å². The van der Waals surface area contributed by atoms with Crippen LogP contribution in [0.5, 0.6) is 11.5 Å². The Morgan fingerprint density at radius 2 is 1.74 bits per heavy atom. The van der Waals surface area contributed by atoms with Crippen LogP contribution < -0.4 is 10.5 Å². The van der Waals surface area contributed by atoms with Gasteiger partial charge in [-0.3, -0.25) is 0 Å². The molecule has 0 radical (unpaired) electrons. The largest absolute Gasteiger partial charge is 0.457 e. The number of hydrogen-bond acceptors (Lipinski definition) is 2. The fourth-order valence-electron chi connectivity index (χ4n) is 1.83. The third-order valence-electron chi connectivity index (χ3n) is 2.53. The van der Waals surface area contributed by atoms with Crippen LogP contribution >= 0.6 is 0 Å². The topological polar surface area (TPSA) is 35.2 Å². The molecule has 2 aromatic rings. The second kappa shape index (κ2) is 5.80. The van der Waals surface area contributed by atoms with E-state index in [0.717, 1.165) is 23.8 Å². The minimum absolute atomic E-state index is 0.0434. The first-order valence-corrected chi connectivity index (χ1v) is 6.01. The average Bonchev–Trinajstić information content (AvgIpc) is 2.26. The third kappa shape index (κ3) is 4.03. The minimum Gasteiger partial charge on any atom is -0.457 e. The molecular formula is C15H15F2NO. The van der Waals surface area contributed by atoms with E-state index in [-0.39, 0.29) is 11.8 Å². The maximum absolute atomic E-state index is 13.0. The lowest BCUT2D eigenvalue weighted by molar-refractivity contribution is 0.467. The van der Waals surface area contributed by atoms with Crippen LogP contribution in [0.2, 0.25) is 0 Å². The van der Waals surface area contributed by atoms with E-state index < -0.39 is 11.6 Å². The number of nitrogens with two attached hydrogens (primary N) is 1. The molecule has 2 rings (SSSR count). The summed E-state index contributed by atoms with van der Waals surface area (Å²) in [5.41, 5.74) is 6.74. The zero-order valence-electron chi connectivity index (χ0n) is 10.6. The highest BCUT2D eigenvalue weighted by atomic mass is 19.1. The van der Waals surface area contributed by atoms with Gasteiger partial charge in [0.2, 0.25) is 0 Å². The molecule has 0 fully saturated rings. The standard InChI is InChI=1S/C15H15F2NO/c1-10(18)5-11-3-2-4-14(6-11)19-15-8-12(16)7-13(17)9-15/h2-4,6-10H,5,18H2,1H3. The van der Waals surface area contributed by atoms with Crippen molar-refractivity contribution in [1.29, 1.82) is 0 Å².